The van der Waals surface area contributed by atoms with Gasteiger partial charge in [0.2, 0.25) is 5.82 Å². The van der Waals surface area contributed by atoms with E-state index in [0.29, 0.717) is 0 Å². The van der Waals surface area contributed by atoms with E-state index in [9.17, 15) is 26.7 Å². The van der Waals surface area contributed by atoms with E-state index in [1.807, 2.05) is 0 Å². The van der Waals surface area contributed by atoms with Gasteiger partial charge < -0.3 is 5.11 Å². The van der Waals surface area contributed by atoms with Crippen molar-refractivity contribution >= 4 is 29.1 Å². The predicted molar refractivity (Wildman–Crippen MR) is 63.8 cm³/mol. The van der Waals surface area contributed by atoms with Crippen molar-refractivity contribution in [2.75, 3.05) is 0 Å². The number of hydrogen-bond donors (Lipinski definition) is 1. The largest absolute Gasteiger partial charge is 0.481 e. The van der Waals surface area contributed by atoms with Gasteiger partial charge in [-0.2, -0.15) is 0 Å². The quantitative estimate of drug-likeness (QED) is 0.524. The molecule has 3 nitrogen and oxygen atoms in total. The van der Waals surface area contributed by atoms with Crippen LogP contribution < -0.4 is 0 Å². The van der Waals surface area contributed by atoms with Crippen molar-refractivity contribution in [1.29, 1.82) is 0 Å². The van der Waals surface area contributed by atoms with Gasteiger partial charge in [-0.05, 0) is 0 Å². The maximum absolute atomic E-state index is 13.4. The van der Waals surface area contributed by atoms with Crippen molar-refractivity contribution in [2.24, 2.45) is 0 Å². The second-order valence-electron chi connectivity index (χ2n) is 3.68. The summed E-state index contributed by atoms with van der Waals surface area (Å²) in [5, 5.41) is 9.88. The number of aromatic nitrogens is 1. The maximum atomic E-state index is 13.4. The Morgan fingerprint density at radius 2 is 1.62 bits per heavy atom. The molecule has 0 unspecified atom stereocenters. The molecule has 112 valence electrons. The minimum absolute atomic E-state index is 0.0329. The van der Waals surface area contributed by atoms with E-state index in [-0.39, 0.29) is 21.8 Å². The van der Waals surface area contributed by atoms with Crippen LogP contribution in [0.2, 0.25) is 0 Å². The smallest absolute Gasteiger partial charge is 0.309 e. The van der Waals surface area contributed by atoms with Crippen LogP contribution in [0.25, 0.3) is 0 Å². The first-order valence-electron chi connectivity index (χ1n) is 5.16. The molecule has 1 aromatic carbocycles. The Morgan fingerprint density at radius 1 is 1.10 bits per heavy atom. The second kappa shape index (κ2) is 5.98. The van der Waals surface area contributed by atoms with E-state index >= 15 is 0 Å². The van der Waals surface area contributed by atoms with Crippen LogP contribution in [0.1, 0.15) is 5.69 Å². The van der Waals surface area contributed by atoms with E-state index in [1.165, 1.54) is 5.38 Å². The highest BCUT2D eigenvalue weighted by Gasteiger charge is 2.27. The fraction of sp³-hybridized carbons (Fsp3) is 0.0909. The van der Waals surface area contributed by atoms with Gasteiger partial charge in [0.1, 0.15) is 0 Å². The van der Waals surface area contributed by atoms with Crippen molar-refractivity contribution in [3.05, 3.63) is 40.2 Å². The van der Waals surface area contributed by atoms with Crippen molar-refractivity contribution < 1.29 is 31.9 Å². The predicted octanol–water partition coefficient (Wildman–Crippen LogP) is 3.62. The first kappa shape index (κ1) is 15.7. The van der Waals surface area contributed by atoms with Crippen molar-refractivity contribution in [3.8, 4) is 0 Å². The third-order valence-corrected chi connectivity index (χ3v) is 4.27. The lowest BCUT2D eigenvalue weighted by atomic mass is 10.3. The van der Waals surface area contributed by atoms with Crippen molar-refractivity contribution in [2.45, 2.75) is 15.7 Å². The zero-order chi connectivity index (χ0) is 15.7. The van der Waals surface area contributed by atoms with Gasteiger partial charge in [-0.1, -0.05) is 11.8 Å². The number of carboxylic acids is 1. The van der Waals surface area contributed by atoms with Gasteiger partial charge >= 0.3 is 5.97 Å². The molecule has 0 saturated carbocycles. The average Bonchev–Trinajstić information content (AvgIpc) is 2.85. The van der Waals surface area contributed by atoms with E-state index in [0.717, 1.165) is 11.3 Å². The Morgan fingerprint density at radius 3 is 2.14 bits per heavy atom. The summed E-state index contributed by atoms with van der Waals surface area (Å²) >= 11 is 1.08. The summed E-state index contributed by atoms with van der Waals surface area (Å²) in [4.78, 5) is 13.1. The van der Waals surface area contributed by atoms with Crippen LogP contribution in [0.15, 0.2) is 14.6 Å². The summed E-state index contributed by atoms with van der Waals surface area (Å²) in [6, 6.07) is 0. The molecule has 0 amide bonds. The molecule has 21 heavy (non-hydrogen) atoms. The van der Waals surface area contributed by atoms with Gasteiger partial charge in [-0.25, -0.2) is 26.9 Å². The minimum Gasteiger partial charge on any atom is -0.481 e. The Bertz CT molecular complexity index is 690. The number of halogens is 5. The molecule has 0 atom stereocenters. The number of aliphatic carboxylic acids is 1. The van der Waals surface area contributed by atoms with E-state index in [4.69, 9.17) is 5.11 Å². The number of carboxylic acid groups (broad SMARTS) is 1. The number of thiazole rings is 1. The average molecular weight is 341 g/mol. The summed E-state index contributed by atoms with van der Waals surface area (Å²) in [5.41, 5.74) is 0.124. The molecule has 0 aliphatic rings. The topological polar surface area (TPSA) is 50.2 Å². The number of benzene rings is 1. The summed E-state index contributed by atoms with van der Waals surface area (Å²) in [7, 11) is 0. The Balaban J connectivity index is 2.36. The molecule has 0 aliphatic heterocycles. The molecule has 0 aliphatic carbocycles. The molecule has 0 spiro atoms. The van der Waals surface area contributed by atoms with Crippen LogP contribution in [-0.4, -0.2) is 16.1 Å². The van der Waals surface area contributed by atoms with Crippen molar-refractivity contribution in [3.63, 3.8) is 0 Å². The molecule has 2 aromatic rings. The summed E-state index contributed by atoms with van der Waals surface area (Å²) < 4.78 is 65.8. The normalized spacial score (nSPS) is 10.9. The Kier molecular flexibility index (Phi) is 4.47. The fourth-order valence-electron chi connectivity index (χ4n) is 1.33. The number of rotatable bonds is 4. The SMILES string of the molecule is O=C(O)Cc1csc(Sc2c(F)c(F)c(F)c(F)c2F)n1. The molecule has 1 heterocycles. The van der Waals surface area contributed by atoms with E-state index in [1.54, 1.807) is 0 Å². The number of carbonyl (C=O) groups is 1. The molecule has 0 fully saturated rings. The third-order valence-electron chi connectivity index (χ3n) is 2.22. The number of hydrogen-bond acceptors (Lipinski definition) is 4. The molecule has 1 aromatic heterocycles. The van der Waals surface area contributed by atoms with Crippen LogP contribution >= 0.6 is 23.1 Å². The summed E-state index contributed by atoms with van der Waals surface area (Å²) in [5.74, 6) is -11.4. The lowest BCUT2D eigenvalue weighted by Gasteiger charge is -2.05. The molecule has 2 rings (SSSR count). The van der Waals surface area contributed by atoms with Gasteiger partial charge in [0.25, 0.3) is 0 Å². The summed E-state index contributed by atoms with van der Waals surface area (Å²) in [6.07, 6.45) is -0.409. The van der Waals surface area contributed by atoms with Gasteiger partial charge in [-0.15, -0.1) is 11.3 Å². The second-order valence-corrected chi connectivity index (χ2v) is 5.79. The Labute approximate surface area is 122 Å². The molecule has 0 saturated heterocycles. The molecule has 1 N–H and O–H groups in total. The lowest BCUT2D eigenvalue weighted by molar-refractivity contribution is -0.136. The van der Waals surface area contributed by atoms with Crippen molar-refractivity contribution in [1.82, 2.24) is 4.98 Å². The third kappa shape index (κ3) is 3.16. The van der Waals surface area contributed by atoms with Gasteiger partial charge in [0.15, 0.2) is 27.6 Å². The molecular formula is C11H4F5NO2S2. The fourth-order valence-corrected chi connectivity index (χ4v) is 3.16. The molecule has 0 radical (unpaired) electrons. The van der Waals surface area contributed by atoms with Crippen LogP contribution in [0.5, 0.6) is 0 Å². The molecular weight excluding hydrogens is 337 g/mol. The highest BCUT2D eigenvalue weighted by Crippen LogP contribution is 2.36. The maximum Gasteiger partial charge on any atom is 0.309 e. The van der Waals surface area contributed by atoms with Crippen LogP contribution in [0, 0.1) is 29.1 Å². The van der Waals surface area contributed by atoms with Gasteiger partial charge in [0, 0.05) is 5.38 Å². The standard InChI is InChI=1S/C11H4F5NO2S2/c12-5-6(13)8(15)10(9(16)7(5)14)21-11-17-3(2-20-11)1-4(18)19/h2H,1H2,(H,18,19). The van der Waals surface area contributed by atoms with E-state index < -0.39 is 46.4 Å². The summed E-state index contributed by atoms with van der Waals surface area (Å²) in [6.45, 7) is 0. The first-order chi connectivity index (χ1) is 9.81. The molecule has 0 bridgehead atoms. The number of nitrogens with zero attached hydrogens (tertiary/aromatic N) is 1. The lowest BCUT2D eigenvalue weighted by Crippen LogP contribution is -2.03. The first-order valence-corrected chi connectivity index (χ1v) is 6.86. The zero-order valence-electron chi connectivity index (χ0n) is 9.79. The van der Waals surface area contributed by atoms with Crippen LogP contribution in [0.4, 0.5) is 22.0 Å². The van der Waals surface area contributed by atoms with E-state index in [2.05, 4.69) is 4.98 Å². The zero-order valence-corrected chi connectivity index (χ0v) is 11.4. The molecule has 10 heteroatoms. The van der Waals surface area contributed by atoms with Gasteiger partial charge in [0.05, 0.1) is 17.0 Å². The Hall–Kier alpha value is -1.68. The van der Waals surface area contributed by atoms with Crippen LogP contribution in [0.3, 0.4) is 0 Å². The monoisotopic (exact) mass is 341 g/mol. The minimum atomic E-state index is -2.24. The van der Waals surface area contributed by atoms with Crippen LogP contribution in [-0.2, 0) is 11.2 Å². The highest BCUT2D eigenvalue weighted by molar-refractivity contribution is 8.01. The van der Waals surface area contributed by atoms with Gasteiger partial charge in [-0.3, -0.25) is 4.79 Å². The highest BCUT2D eigenvalue weighted by atomic mass is 32.2.